The maximum atomic E-state index is 11.9. The minimum atomic E-state index is -0.585. The van der Waals surface area contributed by atoms with E-state index in [1.54, 1.807) is 32.9 Å². The molecule has 0 spiro atoms. The Labute approximate surface area is 107 Å². The van der Waals surface area contributed by atoms with Gasteiger partial charge in [-0.25, -0.2) is 0 Å². The molecule has 2 N–H and O–H groups in total. The molecular weight excluding hydrogens is 228 g/mol. The van der Waals surface area contributed by atoms with E-state index in [1.807, 2.05) is 6.07 Å². The summed E-state index contributed by atoms with van der Waals surface area (Å²) in [4.78, 5) is 11.9. The number of nitrogens with zero attached hydrogens (tertiary/aromatic N) is 1. The molecule has 0 aliphatic carbocycles. The van der Waals surface area contributed by atoms with Crippen LogP contribution in [0.3, 0.4) is 0 Å². The van der Waals surface area contributed by atoms with Crippen molar-refractivity contribution in [1.82, 2.24) is 0 Å². The average molecular weight is 244 g/mol. The number of carbonyl (C=O) groups excluding carboxylic acids is 1. The lowest BCUT2D eigenvalue weighted by molar-refractivity contribution is -0.122. The van der Waals surface area contributed by atoms with E-state index in [4.69, 9.17) is 10.4 Å². The highest BCUT2D eigenvalue weighted by Crippen LogP contribution is 2.20. The number of aromatic hydroxyl groups is 1. The molecule has 1 aromatic carbocycles. The summed E-state index contributed by atoms with van der Waals surface area (Å²) in [5.41, 5.74) is 0.191. The van der Waals surface area contributed by atoms with Crippen molar-refractivity contribution in [3.63, 3.8) is 0 Å². The predicted octanol–water partition coefficient (Wildman–Crippen LogP) is 2.83. The van der Waals surface area contributed by atoms with Gasteiger partial charge in [0.1, 0.15) is 17.4 Å². The summed E-state index contributed by atoms with van der Waals surface area (Å²) in [6.07, 6.45) is 1.39. The summed E-state index contributed by atoms with van der Waals surface area (Å²) in [6.45, 7) is 5.29. The maximum absolute atomic E-state index is 11.9. The fourth-order valence-electron chi connectivity index (χ4n) is 1.27. The molecule has 0 radical (unpaired) electrons. The van der Waals surface area contributed by atoms with Crippen LogP contribution in [0.25, 0.3) is 0 Å². The highest BCUT2D eigenvalue weighted by Gasteiger charge is 2.24. The van der Waals surface area contributed by atoms with Crippen molar-refractivity contribution in [3.8, 4) is 11.8 Å². The van der Waals surface area contributed by atoms with Crippen LogP contribution in [0.1, 0.15) is 20.8 Å². The molecule has 0 saturated heterocycles. The van der Waals surface area contributed by atoms with Crippen LogP contribution >= 0.6 is 0 Å². The molecule has 1 aromatic rings. The molecule has 0 saturated carbocycles. The van der Waals surface area contributed by atoms with Gasteiger partial charge in [0.05, 0.1) is 0 Å². The number of phenolic OH excluding ortho intramolecular Hbond substituents is 1. The molecule has 4 nitrogen and oxygen atoms in total. The standard InChI is InChI=1S/C14H16N2O2/c1-14(2,3)13(18)10(8-15)9-16-11-4-6-12(17)7-5-11/h4-7,9,16-17H,1-3H3. The van der Waals surface area contributed by atoms with E-state index in [-0.39, 0.29) is 17.1 Å². The maximum Gasteiger partial charge on any atom is 0.180 e. The smallest absolute Gasteiger partial charge is 0.180 e. The van der Waals surface area contributed by atoms with Gasteiger partial charge in [0.25, 0.3) is 0 Å². The molecule has 0 amide bonds. The van der Waals surface area contributed by atoms with E-state index in [0.717, 1.165) is 0 Å². The third kappa shape index (κ3) is 3.63. The molecule has 0 aromatic heterocycles. The van der Waals surface area contributed by atoms with Crippen molar-refractivity contribution >= 4 is 11.5 Å². The largest absolute Gasteiger partial charge is 0.508 e. The van der Waals surface area contributed by atoms with Crippen LogP contribution in [0.15, 0.2) is 36.0 Å². The molecule has 0 fully saturated rings. The lowest BCUT2D eigenvalue weighted by Gasteiger charge is -2.15. The fraction of sp³-hybridized carbons (Fsp3) is 0.286. The topological polar surface area (TPSA) is 73.1 Å². The van der Waals surface area contributed by atoms with E-state index in [9.17, 15) is 4.79 Å². The first kappa shape index (κ1) is 13.8. The number of benzene rings is 1. The second-order valence-electron chi connectivity index (χ2n) is 4.94. The van der Waals surface area contributed by atoms with Gasteiger partial charge < -0.3 is 10.4 Å². The summed E-state index contributed by atoms with van der Waals surface area (Å²) in [7, 11) is 0. The third-order valence-electron chi connectivity index (χ3n) is 2.30. The number of hydrogen-bond acceptors (Lipinski definition) is 4. The third-order valence-corrected chi connectivity index (χ3v) is 2.30. The normalized spacial score (nSPS) is 11.8. The zero-order chi connectivity index (χ0) is 13.8. The SMILES string of the molecule is CC(C)(C)C(=O)C(C#N)=CNc1ccc(O)cc1. The first-order chi connectivity index (χ1) is 8.34. The van der Waals surface area contributed by atoms with Crippen molar-refractivity contribution < 1.29 is 9.90 Å². The summed E-state index contributed by atoms with van der Waals surface area (Å²) in [6, 6.07) is 8.24. The van der Waals surface area contributed by atoms with Crippen molar-refractivity contribution in [3.05, 3.63) is 36.0 Å². The Morgan fingerprint density at radius 2 is 1.89 bits per heavy atom. The quantitative estimate of drug-likeness (QED) is 0.487. The average Bonchev–Trinajstić information content (AvgIpc) is 2.31. The van der Waals surface area contributed by atoms with Crippen molar-refractivity contribution in [2.24, 2.45) is 5.41 Å². The Balaban J connectivity index is 2.85. The van der Waals surface area contributed by atoms with Gasteiger partial charge in [-0.2, -0.15) is 5.26 Å². The van der Waals surface area contributed by atoms with Gasteiger partial charge >= 0.3 is 0 Å². The number of carbonyl (C=O) groups is 1. The molecule has 0 atom stereocenters. The Kier molecular flexibility index (Phi) is 4.11. The van der Waals surface area contributed by atoms with E-state index in [1.165, 1.54) is 18.3 Å². The first-order valence-electron chi connectivity index (χ1n) is 5.55. The van der Waals surface area contributed by atoms with Gasteiger partial charge in [0.2, 0.25) is 0 Å². The molecule has 0 aliphatic heterocycles. The lowest BCUT2D eigenvalue weighted by atomic mass is 9.87. The number of nitriles is 1. The molecule has 0 unspecified atom stereocenters. The number of rotatable bonds is 3. The van der Waals surface area contributed by atoms with E-state index in [2.05, 4.69) is 5.32 Å². The molecule has 0 bridgehead atoms. The molecular formula is C14H16N2O2. The first-order valence-corrected chi connectivity index (χ1v) is 5.55. The van der Waals surface area contributed by atoms with Crippen LogP contribution < -0.4 is 5.32 Å². The number of ketones is 1. The lowest BCUT2D eigenvalue weighted by Crippen LogP contribution is -2.22. The monoisotopic (exact) mass is 244 g/mol. The van der Waals surface area contributed by atoms with Crippen molar-refractivity contribution in [2.75, 3.05) is 5.32 Å². The Morgan fingerprint density at radius 3 is 2.33 bits per heavy atom. The molecule has 0 aliphatic rings. The van der Waals surface area contributed by atoms with Gasteiger partial charge in [0, 0.05) is 17.3 Å². The second kappa shape index (κ2) is 5.37. The molecule has 94 valence electrons. The zero-order valence-corrected chi connectivity index (χ0v) is 10.7. The zero-order valence-electron chi connectivity index (χ0n) is 10.7. The highest BCUT2D eigenvalue weighted by atomic mass is 16.3. The summed E-state index contributed by atoms with van der Waals surface area (Å²) < 4.78 is 0. The van der Waals surface area contributed by atoms with Crippen LogP contribution in [0, 0.1) is 16.7 Å². The Bertz CT molecular complexity index is 502. The van der Waals surface area contributed by atoms with Crippen LogP contribution in [0.5, 0.6) is 5.75 Å². The van der Waals surface area contributed by atoms with Crippen LogP contribution in [0.2, 0.25) is 0 Å². The van der Waals surface area contributed by atoms with Crippen molar-refractivity contribution in [1.29, 1.82) is 5.26 Å². The van der Waals surface area contributed by atoms with Crippen LogP contribution in [0.4, 0.5) is 5.69 Å². The van der Waals surface area contributed by atoms with Gasteiger partial charge in [-0.1, -0.05) is 20.8 Å². The Hall–Kier alpha value is -2.28. The number of Topliss-reactive ketones (excluding diaryl/α,β-unsaturated/α-hetero) is 1. The van der Waals surface area contributed by atoms with Crippen LogP contribution in [-0.4, -0.2) is 10.9 Å². The van der Waals surface area contributed by atoms with Crippen molar-refractivity contribution in [2.45, 2.75) is 20.8 Å². The van der Waals surface area contributed by atoms with Gasteiger partial charge in [-0.15, -0.1) is 0 Å². The molecule has 18 heavy (non-hydrogen) atoms. The molecule has 1 rings (SSSR count). The minimum absolute atomic E-state index is 0.0792. The predicted molar refractivity (Wildman–Crippen MR) is 69.9 cm³/mol. The summed E-state index contributed by atoms with van der Waals surface area (Å²) >= 11 is 0. The van der Waals surface area contributed by atoms with E-state index in [0.29, 0.717) is 5.69 Å². The summed E-state index contributed by atoms with van der Waals surface area (Å²) in [5.74, 6) is -0.0490. The van der Waals surface area contributed by atoms with Gasteiger partial charge in [-0.3, -0.25) is 4.79 Å². The number of allylic oxidation sites excluding steroid dienone is 1. The van der Waals surface area contributed by atoms with E-state index < -0.39 is 5.41 Å². The Morgan fingerprint density at radius 1 is 1.33 bits per heavy atom. The summed E-state index contributed by atoms with van der Waals surface area (Å²) in [5, 5.41) is 20.9. The number of hydrogen-bond donors (Lipinski definition) is 2. The molecule has 4 heteroatoms. The van der Waals surface area contributed by atoms with Crippen LogP contribution in [-0.2, 0) is 4.79 Å². The fourth-order valence-corrected chi connectivity index (χ4v) is 1.27. The number of nitrogens with one attached hydrogen (secondary N) is 1. The number of anilines is 1. The van der Waals surface area contributed by atoms with Gasteiger partial charge in [0.15, 0.2) is 5.78 Å². The molecule has 0 heterocycles. The number of phenols is 1. The van der Waals surface area contributed by atoms with Gasteiger partial charge in [-0.05, 0) is 24.3 Å². The van der Waals surface area contributed by atoms with E-state index >= 15 is 0 Å². The second-order valence-corrected chi connectivity index (χ2v) is 4.94. The minimum Gasteiger partial charge on any atom is -0.508 e. The highest BCUT2D eigenvalue weighted by molar-refractivity contribution is 6.02.